The van der Waals surface area contributed by atoms with Crippen LogP contribution in [0.25, 0.3) is 76.5 Å². The highest BCUT2D eigenvalue weighted by Gasteiger charge is 2.34. The molecule has 0 aliphatic rings. The minimum atomic E-state index is -0.00835. The van der Waals surface area contributed by atoms with E-state index in [1.807, 2.05) is 133 Å². The molecule has 0 amide bonds. The summed E-state index contributed by atoms with van der Waals surface area (Å²) in [6.45, 7) is 0.388. The summed E-state index contributed by atoms with van der Waals surface area (Å²) in [5.74, 6) is 2.32. The molecule has 0 atom stereocenters. The van der Waals surface area contributed by atoms with Crippen molar-refractivity contribution in [1.29, 1.82) is 0 Å². The molecule has 2 N–H and O–H groups in total. The quantitative estimate of drug-likeness (QED) is 0.118. The predicted molar refractivity (Wildman–Crippen MR) is 264 cm³/mol. The summed E-state index contributed by atoms with van der Waals surface area (Å²) in [6.07, 6.45) is 0. The molecule has 0 spiro atoms. The summed E-state index contributed by atoms with van der Waals surface area (Å²) in [4.78, 5) is 0. The average Bonchev–Trinajstić information content (AvgIpc) is 3.36. The van der Waals surface area contributed by atoms with Gasteiger partial charge in [-0.1, -0.05) is 158 Å². The van der Waals surface area contributed by atoms with E-state index in [1.54, 1.807) is 40.6 Å². The molecule has 0 unspecified atom stereocenters. The molecule has 10 rings (SSSR count). The Kier molecular flexibility index (Phi) is 11.1. The van der Waals surface area contributed by atoms with Crippen LogP contribution in [-0.2, 0) is 13.2 Å². The lowest BCUT2D eigenvalue weighted by Gasteiger charge is -2.27. The Balaban J connectivity index is 1.40. The van der Waals surface area contributed by atoms with Crippen molar-refractivity contribution in [2.24, 2.45) is 0 Å². The maximum atomic E-state index is 11.6. The Morgan fingerprint density at radius 2 is 0.576 bits per heavy atom. The fourth-order valence-corrected chi connectivity index (χ4v) is 9.44. The van der Waals surface area contributed by atoms with Crippen LogP contribution < -0.4 is 28.4 Å². The fourth-order valence-electron chi connectivity index (χ4n) is 9.44. The second-order valence-corrected chi connectivity index (χ2v) is 15.9. The van der Waals surface area contributed by atoms with Crippen molar-refractivity contribution in [1.82, 2.24) is 0 Å². The minimum absolute atomic E-state index is 0.00835. The molecule has 0 radical (unpaired) electrons. The molecule has 326 valence electrons. The summed E-state index contributed by atoms with van der Waals surface area (Å²) >= 11 is 0. The molecule has 0 saturated carbocycles. The van der Waals surface area contributed by atoms with Gasteiger partial charge in [-0.2, -0.15) is 0 Å². The summed E-state index contributed by atoms with van der Waals surface area (Å²) in [5.41, 5.74) is 5.95. The second kappa shape index (κ2) is 17.7. The number of benzene rings is 10. The van der Waals surface area contributed by atoms with Gasteiger partial charge in [0.25, 0.3) is 0 Å². The second-order valence-electron chi connectivity index (χ2n) is 15.9. The van der Waals surface area contributed by atoms with E-state index in [1.165, 1.54) is 0 Å². The van der Waals surface area contributed by atoms with Crippen molar-refractivity contribution in [2.45, 2.75) is 13.2 Å². The third kappa shape index (κ3) is 7.04. The van der Waals surface area contributed by atoms with Crippen molar-refractivity contribution < 1.29 is 38.6 Å². The van der Waals surface area contributed by atoms with Gasteiger partial charge in [0.05, 0.1) is 28.4 Å². The van der Waals surface area contributed by atoms with Gasteiger partial charge in [0, 0.05) is 33.4 Å². The van der Waals surface area contributed by atoms with Gasteiger partial charge in [-0.15, -0.1) is 0 Å². The number of ether oxygens (including phenoxy) is 6. The van der Waals surface area contributed by atoms with E-state index >= 15 is 0 Å². The molecule has 10 aromatic rings. The van der Waals surface area contributed by atoms with Crippen LogP contribution in [0.15, 0.2) is 170 Å². The molecule has 0 aliphatic carbocycles. The topological polar surface area (TPSA) is 95.8 Å². The molecule has 8 nitrogen and oxygen atoms in total. The standard InChI is InChI=1S/C58H46O8/c1-61-53-45(59)31-37-23-11-13-25-39(37)47(53)49-41-27-15-17-29-43(41)51(57(55(49)63-3)65-33-35-19-7-5-8-20-35)52-44-30-18-16-28-42(44)50(56(64-4)58(52)66-34-36-21-9-6-10-22-36)48-40-26-14-12-24-38(40)32-46(60)54(48)62-2/h5-32,59-60H,33-34H2,1-4H3. The molecule has 8 heteroatoms. The number of phenolic OH excluding ortho intramolecular Hbond substituents is 2. The number of rotatable bonds is 13. The lowest BCUT2D eigenvalue weighted by Crippen LogP contribution is -2.06. The van der Waals surface area contributed by atoms with Crippen molar-refractivity contribution in [3.63, 3.8) is 0 Å². The Bertz CT molecular complexity index is 3210. The number of hydrogen-bond donors (Lipinski definition) is 2. The number of fused-ring (bicyclic) bond motifs is 4. The normalized spacial score (nSPS) is 11.3. The van der Waals surface area contributed by atoms with Crippen LogP contribution in [0.1, 0.15) is 11.1 Å². The minimum Gasteiger partial charge on any atom is -0.504 e. The van der Waals surface area contributed by atoms with E-state index in [0.29, 0.717) is 67.9 Å². The highest BCUT2D eigenvalue weighted by Crippen LogP contribution is 2.61. The van der Waals surface area contributed by atoms with Gasteiger partial charge in [0.1, 0.15) is 13.2 Å². The van der Waals surface area contributed by atoms with E-state index < -0.39 is 0 Å². The summed E-state index contributed by atoms with van der Waals surface area (Å²) < 4.78 is 39.7. The molecule has 0 aliphatic heterocycles. The Morgan fingerprint density at radius 1 is 0.303 bits per heavy atom. The van der Waals surface area contributed by atoms with Crippen LogP contribution >= 0.6 is 0 Å². The molecule has 66 heavy (non-hydrogen) atoms. The average molecular weight is 871 g/mol. The van der Waals surface area contributed by atoms with Crippen molar-refractivity contribution in [2.75, 3.05) is 28.4 Å². The van der Waals surface area contributed by atoms with Gasteiger partial charge in [0.15, 0.2) is 46.0 Å². The highest BCUT2D eigenvalue weighted by atomic mass is 16.5. The van der Waals surface area contributed by atoms with Gasteiger partial charge < -0.3 is 38.6 Å². The zero-order valence-electron chi connectivity index (χ0n) is 36.9. The van der Waals surface area contributed by atoms with Crippen molar-refractivity contribution in [3.8, 4) is 79.4 Å². The SMILES string of the molecule is COc1c(O)cc2ccccc2c1-c1c(OC)c(OCc2ccccc2)c(-c2c(OCc3ccccc3)c(OC)c(-c3c(OC)c(O)cc4ccccc34)c3ccccc23)c2ccccc12. The molecule has 0 fully saturated rings. The highest BCUT2D eigenvalue weighted by molar-refractivity contribution is 6.22. The first-order valence-corrected chi connectivity index (χ1v) is 21.6. The Morgan fingerprint density at radius 3 is 0.909 bits per heavy atom. The summed E-state index contributed by atoms with van der Waals surface area (Å²) in [5, 5.41) is 29.8. The molecular weight excluding hydrogens is 825 g/mol. The Labute approximate surface area is 382 Å². The van der Waals surface area contributed by atoms with Gasteiger partial charge in [-0.25, -0.2) is 0 Å². The van der Waals surface area contributed by atoms with E-state index in [4.69, 9.17) is 28.4 Å². The first-order valence-electron chi connectivity index (χ1n) is 21.6. The van der Waals surface area contributed by atoms with Crippen LogP contribution in [0.5, 0.6) is 46.0 Å². The fraction of sp³-hybridized carbons (Fsp3) is 0.103. The molecule has 0 saturated heterocycles. The maximum Gasteiger partial charge on any atom is 0.170 e. The van der Waals surface area contributed by atoms with Crippen LogP contribution in [-0.4, -0.2) is 38.7 Å². The maximum absolute atomic E-state index is 11.6. The third-order valence-corrected chi connectivity index (χ3v) is 12.2. The van der Waals surface area contributed by atoms with Gasteiger partial charge in [0.2, 0.25) is 0 Å². The lowest BCUT2D eigenvalue weighted by atomic mass is 9.83. The van der Waals surface area contributed by atoms with E-state index in [-0.39, 0.29) is 24.7 Å². The number of aromatic hydroxyl groups is 2. The predicted octanol–water partition coefficient (Wildman–Crippen LogP) is 13.9. The largest absolute Gasteiger partial charge is 0.504 e. The van der Waals surface area contributed by atoms with E-state index in [2.05, 4.69) is 24.3 Å². The number of hydrogen-bond acceptors (Lipinski definition) is 8. The van der Waals surface area contributed by atoms with Gasteiger partial charge >= 0.3 is 0 Å². The molecule has 0 aromatic heterocycles. The lowest BCUT2D eigenvalue weighted by molar-refractivity contribution is 0.282. The monoisotopic (exact) mass is 870 g/mol. The first-order chi connectivity index (χ1) is 32.4. The van der Waals surface area contributed by atoms with Crippen LogP contribution in [0.4, 0.5) is 0 Å². The molecule has 0 bridgehead atoms. The van der Waals surface area contributed by atoms with Crippen LogP contribution in [0.3, 0.4) is 0 Å². The van der Waals surface area contributed by atoms with Gasteiger partial charge in [-0.05, 0) is 66.3 Å². The van der Waals surface area contributed by atoms with Crippen LogP contribution in [0.2, 0.25) is 0 Å². The third-order valence-electron chi connectivity index (χ3n) is 12.2. The number of methoxy groups -OCH3 is 4. The first kappa shape index (κ1) is 41.6. The molecule has 0 heterocycles. The van der Waals surface area contributed by atoms with E-state index in [0.717, 1.165) is 54.2 Å². The van der Waals surface area contributed by atoms with Gasteiger partial charge in [-0.3, -0.25) is 0 Å². The van der Waals surface area contributed by atoms with Crippen molar-refractivity contribution in [3.05, 3.63) is 181 Å². The van der Waals surface area contributed by atoms with Crippen LogP contribution in [0, 0.1) is 0 Å². The molecule has 10 aromatic carbocycles. The summed E-state index contributed by atoms with van der Waals surface area (Å²) in [6, 6.07) is 55.5. The zero-order chi connectivity index (χ0) is 45.3. The molecular formula is C58H46O8. The summed E-state index contributed by atoms with van der Waals surface area (Å²) in [7, 11) is 6.39. The van der Waals surface area contributed by atoms with E-state index in [9.17, 15) is 10.2 Å². The number of phenols is 2. The van der Waals surface area contributed by atoms with Crippen molar-refractivity contribution >= 4 is 43.1 Å². The smallest absolute Gasteiger partial charge is 0.170 e. The zero-order valence-corrected chi connectivity index (χ0v) is 36.9. The Hall–Kier alpha value is -8.36.